The van der Waals surface area contributed by atoms with Crippen molar-refractivity contribution in [3.8, 4) is 0 Å². The van der Waals surface area contributed by atoms with Crippen LogP contribution in [0.5, 0.6) is 0 Å². The van der Waals surface area contributed by atoms with E-state index in [-0.39, 0.29) is 12.5 Å². The van der Waals surface area contributed by atoms with Crippen LogP contribution in [0.3, 0.4) is 0 Å². The van der Waals surface area contributed by atoms with Crippen molar-refractivity contribution in [2.24, 2.45) is 11.1 Å². The van der Waals surface area contributed by atoms with Gasteiger partial charge in [0, 0.05) is 5.69 Å². The molecule has 1 rings (SSSR count). The Morgan fingerprint density at radius 3 is 2.38 bits per heavy atom. The van der Waals surface area contributed by atoms with Gasteiger partial charge in [0.05, 0.1) is 0 Å². The van der Waals surface area contributed by atoms with E-state index in [4.69, 9.17) is 4.74 Å². The number of anilines is 1. The van der Waals surface area contributed by atoms with E-state index in [0.29, 0.717) is 5.69 Å². The SMILES string of the molecule is C=CCOC(=O)C(NC(=O)Nc1ccc(C(C)N=O)cc1)C(C)C. The van der Waals surface area contributed by atoms with Crippen LogP contribution in [0, 0.1) is 10.8 Å². The number of nitrogens with one attached hydrogen (secondary N) is 2. The Bertz CT molecular complexity index is 584. The van der Waals surface area contributed by atoms with E-state index < -0.39 is 24.1 Å². The summed E-state index contributed by atoms with van der Waals surface area (Å²) in [7, 11) is 0. The summed E-state index contributed by atoms with van der Waals surface area (Å²) in [6.07, 6.45) is 1.46. The molecule has 7 nitrogen and oxygen atoms in total. The molecule has 0 aliphatic carbocycles. The zero-order valence-corrected chi connectivity index (χ0v) is 14.1. The Morgan fingerprint density at radius 2 is 1.88 bits per heavy atom. The largest absolute Gasteiger partial charge is 0.460 e. The number of carbonyl (C=O) groups is 2. The molecule has 130 valence electrons. The number of carbonyl (C=O) groups excluding carboxylic acids is 2. The Morgan fingerprint density at radius 1 is 1.25 bits per heavy atom. The summed E-state index contributed by atoms with van der Waals surface area (Å²) in [4.78, 5) is 34.5. The smallest absolute Gasteiger partial charge is 0.329 e. The molecule has 0 saturated heterocycles. The van der Waals surface area contributed by atoms with Gasteiger partial charge in [0.25, 0.3) is 0 Å². The first kappa shape index (κ1) is 19.3. The van der Waals surface area contributed by atoms with Gasteiger partial charge in [-0.3, -0.25) is 0 Å². The fourth-order valence-electron chi connectivity index (χ4n) is 1.94. The molecule has 2 amide bonds. The number of urea groups is 1. The zero-order chi connectivity index (χ0) is 18.1. The van der Waals surface area contributed by atoms with Crippen LogP contribution >= 0.6 is 0 Å². The lowest BCUT2D eigenvalue weighted by molar-refractivity contribution is -0.145. The monoisotopic (exact) mass is 333 g/mol. The minimum atomic E-state index is -0.761. The number of benzene rings is 1. The second-order valence-corrected chi connectivity index (χ2v) is 5.64. The summed E-state index contributed by atoms with van der Waals surface area (Å²) in [5, 5.41) is 8.17. The van der Waals surface area contributed by atoms with Gasteiger partial charge in [-0.05, 0) is 30.5 Å². The Kier molecular flexibility index (Phi) is 7.61. The minimum absolute atomic E-state index is 0.0930. The van der Waals surface area contributed by atoms with Gasteiger partial charge in [-0.1, -0.05) is 43.8 Å². The quantitative estimate of drug-likeness (QED) is 0.433. The lowest BCUT2D eigenvalue weighted by Gasteiger charge is -2.20. The van der Waals surface area contributed by atoms with Gasteiger partial charge in [-0.15, -0.1) is 0 Å². The molecular weight excluding hydrogens is 310 g/mol. The van der Waals surface area contributed by atoms with Crippen molar-refractivity contribution < 1.29 is 14.3 Å². The second kappa shape index (κ2) is 9.44. The summed E-state index contributed by atoms with van der Waals surface area (Å²) >= 11 is 0. The maximum Gasteiger partial charge on any atom is 0.329 e. The van der Waals surface area contributed by atoms with Crippen LogP contribution in [-0.4, -0.2) is 24.6 Å². The number of nitroso groups, excluding NO2 is 1. The van der Waals surface area contributed by atoms with Crippen LogP contribution < -0.4 is 10.6 Å². The summed E-state index contributed by atoms with van der Waals surface area (Å²) in [6.45, 7) is 8.87. The summed E-state index contributed by atoms with van der Waals surface area (Å²) < 4.78 is 4.98. The van der Waals surface area contributed by atoms with Crippen LogP contribution in [0.4, 0.5) is 10.5 Å². The molecule has 0 bridgehead atoms. The topological polar surface area (TPSA) is 96.9 Å². The van der Waals surface area contributed by atoms with Crippen molar-refractivity contribution in [3.05, 3.63) is 47.4 Å². The average Bonchev–Trinajstić information content (AvgIpc) is 2.57. The Hall–Kier alpha value is -2.70. The fourth-order valence-corrected chi connectivity index (χ4v) is 1.94. The average molecular weight is 333 g/mol. The highest BCUT2D eigenvalue weighted by molar-refractivity contribution is 5.92. The minimum Gasteiger partial charge on any atom is -0.460 e. The molecular formula is C17H23N3O4. The third-order valence-corrected chi connectivity index (χ3v) is 3.36. The number of esters is 1. The molecule has 0 heterocycles. The van der Waals surface area contributed by atoms with Crippen LogP contribution in [0.2, 0.25) is 0 Å². The predicted octanol–water partition coefficient (Wildman–Crippen LogP) is 3.39. The molecule has 0 aromatic heterocycles. The molecule has 0 fully saturated rings. The van der Waals surface area contributed by atoms with Gasteiger partial charge in [0.2, 0.25) is 0 Å². The number of nitrogens with zero attached hydrogens (tertiary/aromatic N) is 1. The summed E-state index contributed by atoms with van der Waals surface area (Å²) in [6, 6.07) is 5.02. The van der Waals surface area contributed by atoms with E-state index in [1.165, 1.54) is 6.08 Å². The Balaban J connectivity index is 2.67. The van der Waals surface area contributed by atoms with Crippen molar-refractivity contribution in [1.29, 1.82) is 0 Å². The predicted molar refractivity (Wildman–Crippen MR) is 92.6 cm³/mol. The first-order valence-corrected chi connectivity index (χ1v) is 7.66. The maximum atomic E-state index is 12.1. The summed E-state index contributed by atoms with van der Waals surface area (Å²) in [5.74, 6) is -0.642. The number of hydrogen-bond donors (Lipinski definition) is 2. The molecule has 0 aliphatic rings. The zero-order valence-electron chi connectivity index (χ0n) is 14.1. The standard InChI is InChI=1S/C17H23N3O4/c1-5-10-24-16(21)15(11(2)3)19-17(22)18-14-8-6-13(7-9-14)12(4)20-23/h5-9,11-12,15H,1,10H2,2-4H3,(H2,18,19,22). The van der Waals surface area contributed by atoms with Crippen molar-refractivity contribution in [1.82, 2.24) is 5.32 Å². The number of hydrogen-bond acceptors (Lipinski definition) is 5. The van der Waals surface area contributed by atoms with Crippen molar-refractivity contribution in [2.45, 2.75) is 32.9 Å². The molecule has 0 radical (unpaired) electrons. The highest BCUT2D eigenvalue weighted by Crippen LogP contribution is 2.18. The van der Waals surface area contributed by atoms with E-state index in [1.807, 2.05) is 13.8 Å². The molecule has 7 heteroatoms. The maximum absolute atomic E-state index is 12.1. The molecule has 0 aliphatic heterocycles. The lowest BCUT2D eigenvalue weighted by atomic mass is 10.1. The lowest BCUT2D eigenvalue weighted by Crippen LogP contribution is -2.47. The third-order valence-electron chi connectivity index (χ3n) is 3.36. The van der Waals surface area contributed by atoms with E-state index in [0.717, 1.165) is 5.56 Å². The van der Waals surface area contributed by atoms with Crippen molar-refractivity contribution in [3.63, 3.8) is 0 Å². The number of amides is 2. The van der Waals surface area contributed by atoms with Gasteiger partial charge in [-0.2, -0.15) is 4.91 Å². The normalized spacial score (nSPS) is 12.8. The van der Waals surface area contributed by atoms with Crippen LogP contribution in [0.1, 0.15) is 32.4 Å². The third kappa shape index (κ3) is 5.83. The number of ether oxygens (including phenoxy) is 1. The van der Waals surface area contributed by atoms with Crippen LogP contribution in [0.25, 0.3) is 0 Å². The van der Waals surface area contributed by atoms with Gasteiger partial charge >= 0.3 is 12.0 Å². The molecule has 2 unspecified atom stereocenters. The van der Waals surface area contributed by atoms with E-state index in [9.17, 15) is 14.5 Å². The van der Waals surface area contributed by atoms with Crippen LogP contribution in [-0.2, 0) is 9.53 Å². The van der Waals surface area contributed by atoms with Gasteiger partial charge in [0.15, 0.2) is 0 Å². The highest BCUT2D eigenvalue weighted by atomic mass is 16.5. The summed E-state index contributed by atoms with van der Waals surface area (Å²) in [5.41, 5.74) is 1.29. The number of rotatable bonds is 8. The first-order chi connectivity index (χ1) is 11.4. The molecule has 0 saturated carbocycles. The first-order valence-electron chi connectivity index (χ1n) is 7.66. The second-order valence-electron chi connectivity index (χ2n) is 5.64. The van der Waals surface area contributed by atoms with E-state index in [2.05, 4.69) is 22.4 Å². The fraction of sp³-hybridized carbons (Fsp3) is 0.412. The molecule has 2 N–H and O–H groups in total. The van der Waals surface area contributed by atoms with Crippen LogP contribution in [0.15, 0.2) is 42.1 Å². The molecule has 1 aromatic rings. The van der Waals surface area contributed by atoms with Crippen molar-refractivity contribution >= 4 is 17.7 Å². The molecule has 24 heavy (non-hydrogen) atoms. The highest BCUT2D eigenvalue weighted by Gasteiger charge is 2.25. The molecule has 1 aromatic carbocycles. The van der Waals surface area contributed by atoms with Gasteiger partial charge < -0.3 is 15.4 Å². The molecule has 2 atom stereocenters. The van der Waals surface area contributed by atoms with Gasteiger partial charge in [0.1, 0.15) is 18.7 Å². The van der Waals surface area contributed by atoms with E-state index >= 15 is 0 Å². The van der Waals surface area contributed by atoms with E-state index in [1.54, 1.807) is 31.2 Å². The van der Waals surface area contributed by atoms with Gasteiger partial charge in [-0.25, -0.2) is 9.59 Å². The molecule has 0 spiro atoms. The Labute approximate surface area is 141 Å². The van der Waals surface area contributed by atoms with Crippen molar-refractivity contribution in [2.75, 3.05) is 11.9 Å².